The van der Waals surface area contributed by atoms with Crippen molar-refractivity contribution in [2.24, 2.45) is 12.5 Å². The number of furan rings is 1. The largest absolute Gasteiger partial charge is 0.456 e. The van der Waals surface area contributed by atoms with Crippen molar-refractivity contribution < 1.29 is 20.0 Å². The topological polar surface area (TPSA) is 21.4 Å². The summed E-state index contributed by atoms with van der Waals surface area (Å²) in [6.07, 6.45) is -0.352. The molecule has 5 aromatic rings. The van der Waals surface area contributed by atoms with Crippen molar-refractivity contribution in [2.75, 3.05) is 0 Å². The summed E-state index contributed by atoms with van der Waals surface area (Å²) in [6.45, 7) is 9.30. The van der Waals surface area contributed by atoms with Crippen molar-refractivity contribution in [2.45, 2.75) is 47.8 Å². The number of aryl methyl sites for hydroxylation is 4. The minimum Gasteiger partial charge on any atom is -0.456 e. The molecule has 0 saturated heterocycles. The molecule has 180 valence electrons. The van der Waals surface area contributed by atoms with Gasteiger partial charge in [0, 0.05) is 33.4 Å². The first-order valence-corrected chi connectivity index (χ1v) is 11.8. The summed E-state index contributed by atoms with van der Waals surface area (Å²) in [6, 6.07) is 15.3. The van der Waals surface area contributed by atoms with E-state index in [1.54, 1.807) is 56.7 Å². The standard InChI is InChI=1S/C33H33N2O/c1-20-9-12-27-26-14-11-24(34-7)16-30(26)36-32(27)31(20)29-17-28(22(3)19-35(29)8)25-13-10-23(15-21(25)2)18-33(4,5)6/h9-17,19H,18H2,1-6,8H3/q+1/i2D3,3D3,18D2. The molecular weight excluding hydrogens is 440 g/mol. The molecule has 0 saturated carbocycles. The molecule has 2 heterocycles. The van der Waals surface area contributed by atoms with Crippen molar-refractivity contribution in [1.82, 2.24) is 0 Å². The maximum Gasteiger partial charge on any atom is 0.216 e. The van der Waals surface area contributed by atoms with E-state index in [1.165, 1.54) is 18.3 Å². The van der Waals surface area contributed by atoms with Crippen LogP contribution in [0.3, 0.4) is 0 Å². The summed E-state index contributed by atoms with van der Waals surface area (Å²) in [5.74, 6) is 0. The Bertz CT molecular complexity index is 1990. The molecule has 0 atom stereocenters. The van der Waals surface area contributed by atoms with E-state index in [-0.39, 0.29) is 27.8 Å². The first kappa shape index (κ1) is 16.0. The number of hydrogen-bond donors (Lipinski definition) is 0. The van der Waals surface area contributed by atoms with E-state index in [1.807, 2.05) is 25.1 Å². The SMILES string of the molecule is [2H]C([2H])([2H])c1cc(C([2H])([2H])C(C)(C)C)ccc1-c1cc(-c2c(C)ccc3c2oc2cc([N+]#[C-])ccc23)[n+](C)cc1C([2H])([2H])[2H]. The molecule has 3 heteroatoms. The summed E-state index contributed by atoms with van der Waals surface area (Å²) in [5, 5.41) is 1.67. The molecule has 3 aromatic carbocycles. The molecule has 0 aliphatic carbocycles. The molecule has 3 nitrogen and oxygen atoms in total. The van der Waals surface area contributed by atoms with Crippen LogP contribution in [0.2, 0.25) is 0 Å². The lowest BCUT2D eigenvalue weighted by molar-refractivity contribution is -0.660. The lowest BCUT2D eigenvalue weighted by atomic mass is 9.86. The fourth-order valence-electron chi connectivity index (χ4n) is 4.73. The maximum absolute atomic E-state index is 8.75. The number of benzene rings is 3. The Kier molecular flexibility index (Phi) is 3.83. The molecule has 0 fully saturated rings. The highest BCUT2D eigenvalue weighted by molar-refractivity contribution is 6.10. The number of hydrogen-bond acceptors (Lipinski definition) is 1. The van der Waals surface area contributed by atoms with Crippen LogP contribution >= 0.6 is 0 Å². The highest BCUT2D eigenvalue weighted by Crippen LogP contribution is 2.39. The Balaban J connectivity index is 1.86. The zero-order valence-corrected chi connectivity index (χ0v) is 21.1. The summed E-state index contributed by atoms with van der Waals surface area (Å²) in [5.41, 5.74) is 3.37. The minimum atomic E-state index is -2.65. The lowest BCUT2D eigenvalue weighted by Gasteiger charge is -2.19. The quantitative estimate of drug-likeness (QED) is 0.186. The van der Waals surface area contributed by atoms with Crippen LogP contribution in [0.25, 0.3) is 49.2 Å². The molecule has 0 amide bonds. The van der Waals surface area contributed by atoms with Gasteiger partial charge in [0.15, 0.2) is 11.9 Å². The van der Waals surface area contributed by atoms with Crippen LogP contribution in [0.1, 0.15) is 54.0 Å². The molecule has 0 spiro atoms. The van der Waals surface area contributed by atoms with Gasteiger partial charge in [-0.15, -0.1) is 0 Å². The van der Waals surface area contributed by atoms with E-state index in [0.717, 1.165) is 16.3 Å². The Morgan fingerprint density at radius 3 is 2.44 bits per heavy atom. The van der Waals surface area contributed by atoms with Crippen molar-refractivity contribution in [1.29, 1.82) is 0 Å². The fourth-order valence-corrected chi connectivity index (χ4v) is 4.73. The molecular formula is C33H33N2O+. The van der Waals surface area contributed by atoms with Crippen LogP contribution < -0.4 is 4.57 Å². The number of nitrogens with zero attached hydrogens (tertiary/aromatic N) is 2. The van der Waals surface area contributed by atoms with Crippen LogP contribution in [-0.2, 0) is 13.4 Å². The highest BCUT2D eigenvalue weighted by Gasteiger charge is 2.23. The van der Waals surface area contributed by atoms with Crippen molar-refractivity contribution in [3.05, 3.63) is 94.5 Å². The van der Waals surface area contributed by atoms with Gasteiger partial charge in [0.2, 0.25) is 5.69 Å². The third-order valence-corrected chi connectivity index (χ3v) is 6.32. The molecule has 0 aliphatic heterocycles. The van der Waals surface area contributed by atoms with E-state index in [9.17, 15) is 0 Å². The zero-order chi connectivity index (χ0) is 32.6. The van der Waals surface area contributed by atoms with Gasteiger partial charge in [0.05, 0.1) is 12.1 Å². The predicted molar refractivity (Wildman–Crippen MR) is 149 cm³/mol. The third kappa shape index (κ3) is 4.18. The number of rotatable bonds is 3. The highest BCUT2D eigenvalue weighted by atomic mass is 16.3. The molecule has 0 unspecified atom stereocenters. The number of fused-ring (bicyclic) bond motifs is 3. The first-order chi connectivity index (χ1) is 20.3. The summed E-state index contributed by atoms with van der Waals surface area (Å²) in [7, 11) is 1.73. The zero-order valence-electron chi connectivity index (χ0n) is 29.1. The molecule has 36 heavy (non-hydrogen) atoms. The van der Waals surface area contributed by atoms with E-state index < -0.39 is 25.5 Å². The van der Waals surface area contributed by atoms with Crippen molar-refractivity contribution in [3.8, 4) is 22.4 Å². The van der Waals surface area contributed by atoms with Gasteiger partial charge < -0.3 is 4.42 Å². The second kappa shape index (κ2) is 8.64. The van der Waals surface area contributed by atoms with Gasteiger partial charge in [-0.3, -0.25) is 0 Å². The Morgan fingerprint density at radius 2 is 1.72 bits per heavy atom. The summed E-state index contributed by atoms with van der Waals surface area (Å²) >= 11 is 0. The molecule has 0 bridgehead atoms. The lowest BCUT2D eigenvalue weighted by Crippen LogP contribution is -2.31. The second-order valence-corrected chi connectivity index (χ2v) is 10.3. The van der Waals surface area contributed by atoms with Crippen molar-refractivity contribution in [3.63, 3.8) is 0 Å². The maximum atomic E-state index is 8.75. The van der Waals surface area contributed by atoms with Gasteiger partial charge in [0.1, 0.15) is 18.2 Å². The molecule has 0 aliphatic rings. The van der Waals surface area contributed by atoms with Gasteiger partial charge in [0.25, 0.3) is 0 Å². The molecule has 0 N–H and O–H groups in total. The summed E-state index contributed by atoms with van der Waals surface area (Å²) < 4.78 is 75.7. The Hall–Kier alpha value is -3.90. The van der Waals surface area contributed by atoms with Gasteiger partial charge in [-0.25, -0.2) is 9.41 Å². The van der Waals surface area contributed by atoms with Gasteiger partial charge >= 0.3 is 0 Å². The van der Waals surface area contributed by atoms with Crippen LogP contribution in [-0.4, -0.2) is 0 Å². The normalized spacial score (nSPS) is 16.2. The average molecular weight is 482 g/mol. The minimum absolute atomic E-state index is 0.0306. The third-order valence-electron chi connectivity index (χ3n) is 6.32. The van der Waals surface area contributed by atoms with Crippen LogP contribution in [0, 0.1) is 32.6 Å². The van der Waals surface area contributed by atoms with E-state index in [2.05, 4.69) is 4.85 Å². The summed E-state index contributed by atoms with van der Waals surface area (Å²) in [4.78, 5) is 3.51. The molecule has 0 radical (unpaired) electrons. The van der Waals surface area contributed by atoms with Crippen molar-refractivity contribution >= 4 is 27.6 Å². The van der Waals surface area contributed by atoms with Gasteiger partial charge in [-0.2, -0.15) is 0 Å². The second-order valence-electron chi connectivity index (χ2n) is 10.3. The number of pyridine rings is 1. The average Bonchev–Trinajstić information content (AvgIpc) is 3.28. The van der Waals surface area contributed by atoms with Crippen LogP contribution in [0.4, 0.5) is 5.69 Å². The Labute approximate surface area is 225 Å². The van der Waals surface area contributed by atoms with Gasteiger partial charge in [-0.1, -0.05) is 63.2 Å². The van der Waals surface area contributed by atoms with E-state index in [0.29, 0.717) is 28.1 Å². The van der Waals surface area contributed by atoms with E-state index >= 15 is 0 Å². The molecule has 2 aromatic heterocycles. The first-order valence-electron chi connectivity index (χ1n) is 15.8. The predicted octanol–water partition coefficient (Wildman–Crippen LogP) is 8.81. The fraction of sp³-hybridized carbons (Fsp3) is 0.273. The Morgan fingerprint density at radius 1 is 0.944 bits per heavy atom. The van der Waals surface area contributed by atoms with Gasteiger partial charge in [-0.05, 0) is 66.3 Å². The molecule has 5 rings (SSSR count). The smallest absolute Gasteiger partial charge is 0.216 e. The number of aromatic nitrogens is 1. The van der Waals surface area contributed by atoms with Crippen LogP contribution in [0.15, 0.2) is 65.2 Å². The van der Waals surface area contributed by atoms with Crippen LogP contribution in [0.5, 0.6) is 0 Å². The van der Waals surface area contributed by atoms with E-state index in [4.69, 9.17) is 22.0 Å². The monoisotopic (exact) mass is 481 g/mol.